The molecule has 0 saturated heterocycles. The zero-order valence-corrected chi connectivity index (χ0v) is 12.6. The normalized spacial score (nSPS) is 10.9. The van der Waals surface area contributed by atoms with Crippen LogP contribution in [0.25, 0.3) is 6.08 Å². The first-order valence-electron chi connectivity index (χ1n) is 5.24. The van der Waals surface area contributed by atoms with Gasteiger partial charge in [-0.25, -0.2) is 0 Å². The summed E-state index contributed by atoms with van der Waals surface area (Å²) in [4.78, 5) is 11.7. The molecule has 0 aliphatic heterocycles. The van der Waals surface area contributed by atoms with Crippen LogP contribution < -0.4 is 5.32 Å². The van der Waals surface area contributed by atoms with Gasteiger partial charge in [-0.15, -0.1) is 0 Å². The van der Waals surface area contributed by atoms with Crippen LogP contribution in [-0.4, -0.2) is 5.91 Å². The van der Waals surface area contributed by atoms with E-state index in [0.29, 0.717) is 26.2 Å². The van der Waals surface area contributed by atoms with E-state index < -0.39 is 0 Å². The van der Waals surface area contributed by atoms with Crippen molar-refractivity contribution in [2.45, 2.75) is 0 Å². The van der Waals surface area contributed by atoms with Crippen molar-refractivity contribution in [3.63, 3.8) is 0 Å². The lowest BCUT2D eigenvalue weighted by atomic mass is 10.3. The maximum Gasteiger partial charge on any atom is 0.248 e. The fourth-order valence-corrected chi connectivity index (χ4v) is 1.95. The van der Waals surface area contributed by atoms with E-state index in [9.17, 15) is 4.79 Å². The van der Waals surface area contributed by atoms with Gasteiger partial charge in [0.15, 0.2) is 4.67 Å². The van der Waals surface area contributed by atoms with Crippen molar-refractivity contribution in [2.24, 2.45) is 0 Å². The third-order valence-electron chi connectivity index (χ3n) is 2.18. The molecule has 2 aromatic rings. The summed E-state index contributed by atoms with van der Waals surface area (Å²) in [6.07, 6.45) is 2.94. The van der Waals surface area contributed by atoms with Crippen LogP contribution in [-0.2, 0) is 4.79 Å². The van der Waals surface area contributed by atoms with Crippen molar-refractivity contribution >= 4 is 56.8 Å². The minimum absolute atomic E-state index is 0.286. The van der Waals surface area contributed by atoms with Gasteiger partial charge < -0.3 is 9.73 Å². The molecule has 19 heavy (non-hydrogen) atoms. The van der Waals surface area contributed by atoms with Crippen molar-refractivity contribution < 1.29 is 9.21 Å². The van der Waals surface area contributed by atoms with Gasteiger partial charge in [0, 0.05) is 11.8 Å². The molecular formula is C13H8BrCl2NO2. The van der Waals surface area contributed by atoms with E-state index in [4.69, 9.17) is 27.6 Å². The molecule has 0 fully saturated rings. The quantitative estimate of drug-likeness (QED) is 0.782. The zero-order chi connectivity index (χ0) is 13.8. The monoisotopic (exact) mass is 359 g/mol. The van der Waals surface area contributed by atoms with Gasteiger partial charge in [-0.2, -0.15) is 0 Å². The Balaban J connectivity index is 2.01. The second-order valence-corrected chi connectivity index (χ2v) is 5.19. The summed E-state index contributed by atoms with van der Waals surface area (Å²) in [5, 5.41) is 3.49. The van der Waals surface area contributed by atoms with Crippen LogP contribution in [0.5, 0.6) is 0 Å². The van der Waals surface area contributed by atoms with Gasteiger partial charge in [-0.3, -0.25) is 4.79 Å². The lowest BCUT2D eigenvalue weighted by Gasteiger charge is -2.03. The highest BCUT2D eigenvalue weighted by Gasteiger charge is 2.02. The van der Waals surface area contributed by atoms with E-state index >= 15 is 0 Å². The molecule has 1 heterocycles. The van der Waals surface area contributed by atoms with Crippen LogP contribution in [0.3, 0.4) is 0 Å². The highest BCUT2D eigenvalue weighted by Crippen LogP contribution is 2.25. The second-order valence-electron chi connectivity index (χ2n) is 3.59. The van der Waals surface area contributed by atoms with Crippen LogP contribution >= 0.6 is 39.1 Å². The Bertz CT molecular complexity index is 637. The molecule has 0 spiro atoms. The molecular weight excluding hydrogens is 353 g/mol. The van der Waals surface area contributed by atoms with E-state index in [1.54, 1.807) is 36.4 Å². The predicted molar refractivity (Wildman–Crippen MR) is 80.5 cm³/mol. The summed E-state index contributed by atoms with van der Waals surface area (Å²) in [5.41, 5.74) is 0.574. The number of benzene rings is 1. The summed E-state index contributed by atoms with van der Waals surface area (Å²) in [5.74, 6) is 0.294. The average molecular weight is 361 g/mol. The Morgan fingerprint density at radius 2 is 2.00 bits per heavy atom. The third kappa shape index (κ3) is 4.13. The molecule has 0 saturated carbocycles. The maximum absolute atomic E-state index is 11.7. The highest BCUT2D eigenvalue weighted by molar-refractivity contribution is 9.10. The fraction of sp³-hybridized carbons (Fsp3) is 0. The molecule has 0 aliphatic rings. The number of rotatable bonds is 3. The summed E-state index contributed by atoms with van der Waals surface area (Å²) in [7, 11) is 0. The lowest BCUT2D eigenvalue weighted by Crippen LogP contribution is -2.07. The summed E-state index contributed by atoms with van der Waals surface area (Å²) < 4.78 is 5.84. The number of hydrogen-bond donors (Lipinski definition) is 1. The molecule has 1 aromatic heterocycles. The van der Waals surface area contributed by atoms with Crippen molar-refractivity contribution in [2.75, 3.05) is 5.32 Å². The highest BCUT2D eigenvalue weighted by atomic mass is 79.9. The topological polar surface area (TPSA) is 42.2 Å². The van der Waals surface area contributed by atoms with Gasteiger partial charge in [0.25, 0.3) is 0 Å². The number of nitrogens with one attached hydrogen (secondary N) is 1. The Morgan fingerprint density at radius 3 is 2.63 bits per heavy atom. The van der Waals surface area contributed by atoms with Gasteiger partial charge in [-0.05, 0) is 52.3 Å². The molecule has 2 rings (SSSR count). The number of carbonyl (C=O) groups excluding carboxylic acids is 1. The minimum Gasteiger partial charge on any atom is -0.450 e. The van der Waals surface area contributed by atoms with Crippen molar-refractivity contribution in [1.82, 2.24) is 0 Å². The van der Waals surface area contributed by atoms with E-state index in [1.165, 1.54) is 6.08 Å². The number of halogens is 3. The van der Waals surface area contributed by atoms with Crippen LogP contribution in [0.4, 0.5) is 5.69 Å². The lowest BCUT2D eigenvalue weighted by molar-refractivity contribution is -0.111. The van der Waals surface area contributed by atoms with Crippen molar-refractivity contribution in [3.05, 3.63) is 56.9 Å². The molecule has 98 valence electrons. The average Bonchev–Trinajstić information content (AvgIpc) is 2.77. The molecule has 1 aromatic carbocycles. The number of hydrogen-bond acceptors (Lipinski definition) is 2. The zero-order valence-electron chi connectivity index (χ0n) is 9.49. The number of anilines is 1. The summed E-state index contributed by atoms with van der Waals surface area (Å²) in [6, 6.07) is 8.36. The van der Waals surface area contributed by atoms with E-state index in [1.807, 2.05) is 0 Å². The van der Waals surface area contributed by atoms with Gasteiger partial charge in [-0.1, -0.05) is 23.2 Å². The SMILES string of the molecule is O=C(/C=C/c1ccc(Br)o1)Nc1ccc(Cl)c(Cl)c1. The largest absolute Gasteiger partial charge is 0.450 e. The molecule has 0 atom stereocenters. The molecule has 0 unspecified atom stereocenters. The molecule has 6 heteroatoms. The fourth-order valence-electron chi connectivity index (χ4n) is 1.33. The van der Waals surface area contributed by atoms with Crippen LogP contribution in [0, 0.1) is 0 Å². The van der Waals surface area contributed by atoms with E-state index in [2.05, 4.69) is 21.2 Å². The van der Waals surface area contributed by atoms with Gasteiger partial charge >= 0.3 is 0 Å². The first-order chi connectivity index (χ1) is 9.04. The van der Waals surface area contributed by atoms with Crippen LogP contribution in [0.2, 0.25) is 10.0 Å². The Morgan fingerprint density at radius 1 is 1.21 bits per heavy atom. The first-order valence-corrected chi connectivity index (χ1v) is 6.79. The third-order valence-corrected chi connectivity index (χ3v) is 3.35. The standard InChI is InChI=1S/C13H8BrCl2NO2/c14-12-5-2-9(19-12)3-6-13(18)17-8-1-4-10(15)11(16)7-8/h1-7H,(H,17,18)/b6-3+. The van der Waals surface area contributed by atoms with Crippen LogP contribution in [0.15, 0.2) is 45.5 Å². The molecule has 1 N–H and O–H groups in total. The Kier molecular flexibility index (Phi) is 4.69. The molecule has 1 amide bonds. The van der Waals surface area contributed by atoms with Gasteiger partial charge in [0.2, 0.25) is 5.91 Å². The molecule has 0 radical (unpaired) electrons. The summed E-state index contributed by atoms with van der Waals surface area (Å²) >= 11 is 14.8. The summed E-state index contributed by atoms with van der Waals surface area (Å²) in [6.45, 7) is 0. The maximum atomic E-state index is 11.7. The number of furan rings is 1. The molecule has 3 nitrogen and oxygen atoms in total. The number of amides is 1. The van der Waals surface area contributed by atoms with E-state index in [0.717, 1.165) is 0 Å². The first kappa shape index (κ1) is 14.2. The van der Waals surface area contributed by atoms with Gasteiger partial charge in [0.05, 0.1) is 10.0 Å². The Labute approximate surface area is 128 Å². The van der Waals surface area contributed by atoms with Crippen molar-refractivity contribution in [1.29, 1.82) is 0 Å². The Hall–Kier alpha value is -1.23. The van der Waals surface area contributed by atoms with E-state index in [-0.39, 0.29) is 5.91 Å². The molecule has 0 bridgehead atoms. The number of carbonyl (C=O) groups is 1. The van der Waals surface area contributed by atoms with Crippen LogP contribution in [0.1, 0.15) is 5.76 Å². The van der Waals surface area contributed by atoms with Crippen molar-refractivity contribution in [3.8, 4) is 0 Å². The predicted octanol–water partition coefficient (Wildman–Crippen LogP) is 5.00. The smallest absolute Gasteiger partial charge is 0.248 e. The second kappa shape index (κ2) is 6.28. The minimum atomic E-state index is -0.286. The molecule has 0 aliphatic carbocycles. The van der Waals surface area contributed by atoms with Gasteiger partial charge in [0.1, 0.15) is 5.76 Å².